The van der Waals surface area contributed by atoms with Crippen LogP contribution in [0.4, 0.5) is 0 Å². The number of esters is 1. The Bertz CT molecular complexity index is 652. The Balaban J connectivity index is 2.20. The van der Waals surface area contributed by atoms with Crippen LogP contribution in [0.1, 0.15) is 42.3 Å². The second-order valence-electron chi connectivity index (χ2n) is 6.15. The molecule has 3 heteroatoms. The Morgan fingerprint density at radius 3 is 2.19 bits per heavy atom. The molecule has 21 heavy (non-hydrogen) atoms. The van der Waals surface area contributed by atoms with Crippen LogP contribution in [0, 0.1) is 6.92 Å². The van der Waals surface area contributed by atoms with Crippen molar-refractivity contribution in [1.29, 1.82) is 0 Å². The molecule has 2 aromatic rings. The Labute approximate surface area is 134 Å². The highest BCUT2D eigenvalue weighted by Crippen LogP contribution is 2.31. The van der Waals surface area contributed by atoms with Crippen molar-refractivity contribution in [3.63, 3.8) is 0 Å². The van der Waals surface area contributed by atoms with Crippen LogP contribution in [0.2, 0.25) is 0 Å². The van der Waals surface area contributed by atoms with Gasteiger partial charge in [-0.15, -0.1) is 0 Å². The summed E-state index contributed by atoms with van der Waals surface area (Å²) in [5.74, 6) is 0.188. The average molecular weight is 347 g/mol. The molecule has 2 nitrogen and oxygen atoms in total. The third-order valence-electron chi connectivity index (χ3n) is 3.29. The van der Waals surface area contributed by atoms with Crippen LogP contribution in [0.25, 0.3) is 0 Å². The van der Waals surface area contributed by atoms with Crippen molar-refractivity contribution in [2.45, 2.75) is 33.1 Å². The highest BCUT2D eigenvalue weighted by molar-refractivity contribution is 9.10. The second-order valence-corrected chi connectivity index (χ2v) is 7.01. The maximum absolute atomic E-state index is 12.1. The predicted octanol–water partition coefficient (Wildman–Crippen LogP) is 5.27. The summed E-state index contributed by atoms with van der Waals surface area (Å²) >= 11 is 3.48. The largest absolute Gasteiger partial charge is 0.422 e. The SMILES string of the molecule is Cc1ccc(C(=O)Oc2ccc(C(C)(C)C)cc2Br)cc1. The molecule has 0 spiro atoms. The molecule has 2 rings (SSSR count). The van der Waals surface area contributed by atoms with E-state index in [1.165, 1.54) is 5.56 Å². The van der Waals surface area contributed by atoms with Crippen molar-refractivity contribution in [2.24, 2.45) is 0 Å². The minimum absolute atomic E-state index is 0.0576. The van der Waals surface area contributed by atoms with Gasteiger partial charge in [-0.2, -0.15) is 0 Å². The molecule has 0 saturated carbocycles. The fraction of sp³-hybridized carbons (Fsp3) is 0.278. The van der Waals surface area contributed by atoms with Gasteiger partial charge in [0, 0.05) is 0 Å². The van der Waals surface area contributed by atoms with Gasteiger partial charge in [0.15, 0.2) is 0 Å². The zero-order valence-electron chi connectivity index (χ0n) is 12.7. The highest BCUT2D eigenvalue weighted by Gasteiger charge is 2.17. The van der Waals surface area contributed by atoms with Gasteiger partial charge in [-0.25, -0.2) is 4.79 Å². The number of ether oxygens (including phenoxy) is 1. The summed E-state index contributed by atoms with van der Waals surface area (Å²) in [5, 5.41) is 0. The van der Waals surface area contributed by atoms with Gasteiger partial charge in [0.1, 0.15) is 5.75 Å². The van der Waals surface area contributed by atoms with Crippen LogP contribution in [0.15, 0.2) is 46.9 Å². The predicted molar refractivity (Wildman–Crippen MR) is 89.0 cm³/mol. The molecule has 110 valence electrons. The van der Waals surface area contributed by atoms with Gasteiger partial charge < -0.3 is 4.74 Å². The molecule has 0 aliphatic heterocycles. The molecule has 0 radical (unpaired) electrons. The van der Waals surface area contributed by atoms with Crippen molar-refractivity contribution < 1.29 is 9.53 Å². The molecule has 0 N–H and O–H groups in total. The van der Waals surface area contributed by atoms with E-state index < -0.39 is 0 Å². The fourth-order valence-corrected chi connectivity index (χ4v) is 2.36. The van der Waals surface area contributed by atoms with Crippen LogP contribution in [-0.2, 0) is 5.41 Å². The lowest BCUT2D eigenvalue weighted by Crippen LogP contribution is -2.12. The Morgan fingerprint density at radius 1 is 1.05 bits per heavy atom. The zero-order chi connectivity index (χ0) is 15.6. The van der Waals surface area contributed by atoms with E-state index in [1.807, 2.05) is 37.3 Å². The van der Waals surface area contributed by atoms with Crippen molar-refractivity contribution in [2.75, 3.05) is 0 Å². The van der Waals surface area contributed by atoms with E-state index in [0.29, 0.717) is 11.3 Å². The number of benzene rings is 2. The maximum atomic E-state index is 12.1. The molecule has 0 aliphatic carbocycles. The first kappa shape index (κ1) is 15.8. The number of carbonyl (C=O) groups excluding carboxylic acids is 1. The van der Waals surface area contributed by atoms with Crippen molar-refractivity contribution in [1.82, 2.24) is 0 Å². The first-order valence-corrected chi connectivity index (χ1v) is 7.65. The van der Waals surface area contributed by atoms with Crippen LogP contribution in [0.3, 0.4) is 0 Å². The number of rotatable bonds is 2. The smallest absolute Gasteiger partial charge is 0.343 e. The summed E-state index contributed by atoms with van der Waals surface area (Å²) in [7, 11) is 0. The number of hydrogen-bond acceptors (Lipinski definition) is 2. The van der Waals surface area contributed by atoms with Crippen LogP contribution >= 0.6 is 15.9 Å². The van der Waals surface area contributed by atoms with Crippen LogP contribution < -0.4 is 4.74 Å². The van der Waals surface area contributed by atoms with Gasteiger partial charge in [0.2, 0.25) is 0 Å². The first-order chi connectivity index (χ1) is 9.77. The Morgan fingerprint density at radius 2 is 1.67 bits per heavy atom. The highest BCUT2D eigenvalue weighted by atomic mass is 79.9. The number of aryl methyl sites for hydroxylation is 1. The van der Waals surface area contributed by atoms with Gasteiger partial charge >= 0.3 is 5.97 Å². The van der Waals surface area contributed by atoms with E-state index in [-0.39, 0.29) is 11.4 Å². The van der Waals surface area contributed by atoms with E-state index in [4.69, 9.17) is 4.74 Å². The van der Waals surface area contributed by atoms with Gasteiger partial charge in [-0.3, -0.25) is 0 Å². The molecular weight excluding hydrogens is 328 g/mol. The topological polar surface area (TPSA) is 26.3 Å². The molecule has 0 atom stereocenters. The average Bonchev–Trinajstić information content (AvgIpc) is 2.40. The number of carbonyl (C=O) groups is 1. The lowest BCUT2D eigenvalue weighted by molar-refractivity contribution is 0.0733. The number of halogens is 1. The Kier molecular flexibility index (Phi) is 4.52. The van der Waals surface area contributed by atoms with Crippen molar-refractivity contribution >= 4 is 21.9 Å². The molecule has 0 fully saturated rings. The normalized spacial score (nSPS) is 11.3. The van der Waals surface area contributed by atoms with E-state index in [1.54, 1.807) is 12.1 Å². The quantitative estimate of drug-likeness (QED) is 0.546. The Hall–Kier alpha value is -1.61. The van der Waals surface area contributed by atoms with Crippen molar-refractivity contribution in [3.05, 3.63) is 63.6 Å². The third-order valence-corrected chi connectivity index (χ3v) is 3.91. The summed E-state index contributed by atoms with van der Waals surface area (Å²) in [6.45, 7) is 8.42. The van der Waals surface area contributed by atoms with E-state index >= 15 is 0 Å². The fourth-order valence-electron chi connectivity index (χ4n) is 1.90. The van der Waals surface area contributed by atoms with Crippen LogP contribution in [-0.4, -0.2) is 5.97 Å². The maximum Gasteiger partial charge on any atom is 0.343 e. The lowest BCUT2D eigenvalue weighted by atomic mass is 9.87. The molecule has 0 saturated heterocycles. The minimum atomic E-state index is -0.348. The summed E-state index contributed by atoms with van der Waals surface area (Å²) < 4.78 is 6.24. The van der Waals surface area contributed by atoms with E-state index in [2.05, 4.69) is 36.7 Å². The first-order valence-electron chi connectivity index (χ1n) is 6.86. The second kappa shape index (κ2) is 6.02. The van der Waals surface area contributed by atoms with Gasteiger partial charge in [-0.05, 0) is 58.1 Å². The third kappa shape index (κ3) is 3.94. The summed E-state index contributed by atoms with van der Waals surface area (Å²) in [6, 6.07) is 13.2. The minimum Gasteiger partial charge on any atom is -0.422 e. The molecular formula is C18H19BrO2. The van der Waals surface area contributed by atoms with Crippen LogP contribution in [0.5, 0.6) is 5.75 Å². The molecule has 0 aliphatic rings. The molecule has 0 heterocycles. The standard InChI is InChI=1S/C18H19BrO2/c1-12-5-7-13(8-6-12)17(20)21-16-10-9-14(11-15(16)19)18(2,3)4/h5-11H,1-4H3. The molecule has 2 aromatic carbocycles. The van der Waals surface area contributed by atoms with E-state index in [9.17, 15) is 4.79 Å². The molecule has 0 aromatic heterocycles. The van der Waals surface area contributed by atoms with Crippen molar-refractivity contribution in [3.8, 4) is 5.75 Å². The number of hydrogen-bond donors (Lipinski definition) is 0. The molecule has 0 unspecified atom stereocenters. The lowest BCUT2D eigenvalue weighted by Gasteiger charge is -2.20. The summed E-state index contributed by atoms with van der Waals surface area (Å²) in [6.07, 6.45) is 0. The summed E-state index contributed by atoms with van der Waals surface area (Å²) in [5.41, 5.74) is 2.90. The monoisotopic (exact) mass is 346 g/mol. The van der Waals surface area contributed by atoms with Gasteiger partial charge in [0.05, 0.1) is 10.0 Å². The summed E-state index contributed by atoms with van der Waals surface area (Å²) in [4.78, 5) is 12.1. The zero-order valence-corrected chi connectivity index (χ0v) is 14.3. The van der Waals surface area contributed by atoms with E-state index in [0.717, 1.165) is 10.0 Å². The van der Waals surface area contributed by atoms with Gasteiger partial charge in [-0.1, -0.05) is 44.5 Å². The van der Waals surface area contributed by atoms with Gasteiger partial charge in [0.25, 0.3) is 0 Å². The molecule has 0 bridgehead atoms. The molecule has 0 amide bonds.